The van der Waals surface area contributed by atoms with Crippen LogP contribution < -0.4 is 10.2 Å². The van der Waals surface area contributed by atoms with E-state index in [0.29, 0.717) is 31.7 Å². The van der Waals surface area contributed by atoms with Gasteiger partial charge in [-0.25, -0.2) is 9.18 Å². The lowest BCUT2D eigenvalue weighted by Crippen LogP contribution is -2.52. The van der Waals surface area contributed by atoms with E-state index >= 15 is 0 Å². The molecule has 108 valence electrons. The number of fused-ring (bicyclic) bond motifs is 1. The summed E-state index contributed by atoms with van der Waals surface area (Å²) in [7, 11) is 0. The smallest absolute Gasteiger partial charge is 0.317 e. The zero-order chi connectivity index (χ0) is 14.3. The quantitative estimate of drug-likeness (QED) is 0.852. The van der Waals surface area contributed by atoms with Crippen molar-refractivity contribution in [3.05, 3.63) is 29.6 Å². The van der Waals surface area contributed by atoms with Crippen LogP contribution in [0.2, 0.25) is 0 Å². The van der Waals surface area contributed by atoms with Gasteiger partial charge in [-0.15, -0.1) is 0 Å². The topological polar surface area (TPSA) is 55.8 Å². The van der Waals surface area contributed by atoms with Crippen molar-refractivity contribution in [2.75, 3.05) is 31.1 Å². The average molecular weight is 279 g/mol. The highest BCUT2D eigenvalue weighted by molar-refractivity contribution is 5.77. The molecular weight excluding hydrogens is 261 g/mol. The number of anilines is 1. The summed E-state index contributed by atoms with van der Waals surface area (Å²) in [5.41, 5.74) is 1.05. The molecule has 2 aliphatic heterocycles. The Hall–Kier alpha value is -1.82. The first-order chi connectivity index (χ1) is 9.58. The van der Waals surface area contributed by atoms with Crippen LogP contribution in [0.1, 0.15) is 18.6 Å². The van der Waals surface area contributed by atoms with Gasteiger partial charge in [0.25, 0.3) is 0 Å². The summed E-state index contributed by atoms with van der Waals surface area (Å²) in [5.74, 6) is -0.388. The SMILES string of the molecule is C[C@@H](O)c1c(F)cccc1N1CCN2C(=O)NCC2C1. The first kappa shape index (κ1) is 13.2. The van der Waals surface area contributed by atoms with Crippen LogP contribution in [0.15, 0.2) is 18.2 Å². The lowest BCUT2D eigenvalue weighted by atomic mass is 10.0. The summed E-state index contributed by atoms with van der Waals surface area (Å²) in [4.78, 5) is 15.4. The molecule has 3 rings (SSSR count). The standard InChI is InChI=1S/C14H18FN3O2/c1-9(19)13-11(15)3-2-4-12(13)17-5-6-18-10(8-17)7-16-14(18)20/h2-4,9-10,19H,5-8H2,1H3,(H,16,20)/t9-,10?/m1/s1. The third kappa shape index (κ3) is 2.10. The lowest BCUT2D eigenvalue weighted by Gasteiger charge is -2.38. The summed E-state index contributed by atoms with van der Waals surface area (Å²) >= 11 is 0. The summed E-state index contributed by atoms with van der Waals surface area (Å²) in [6, 6.07) is 4.93. The van der Waals surface area contributed by atoms with Crippen LogP contribution in [0.25, 0.3) is 0 Å². The molecule has 2 saturated heterocycles. The van der Waals surface area contributed by atoms with E-state index in [1.54, 1.807) is 13.0 Å². The second kappa shape index (κ2) is 4.94. The van der Waals surface area contributed by atoms with E-state index in [4.69, 9.17) is 0 Å². The molecule has 5 nitrogen and oxygen atoms in total. The molecule has 1 unspecified atom stereocenters. The second-order valence-electron chi connectivity index (χ2n) is 5.33. The predicted octanol–water partition coefficient (Wildman–Crippen LogP) is 1.09. The molecule has 1 aromatic carbocycles. The maximum Gasteiger partial charge on any atom is 0.317 e. The number of aliphatic hydroxyl groups is 1. The van der Waals surface area contributed by atoms with Crippen molar-refractivity contribution < 1.29 is 14.3 Å². The number of urea groups is 1. The zero-order valence-corrected chi connectivity index (χ0v) is 11.3. The number of piperazine rings is 1. The number of hydrogen-bond acceptors (Lipinski definition) is 3. The highest BCUT2D eigenvalue weighted by atomic mass is 19.1. The number of aliphatic hydroxyl groups excluding tert-OH is 1. The minimum absolute atomic E-state index is 0.0235. The van der Waals surface area contributed by atoms with Gasteiger partial charge in [0.15, 0.2) is 0 Å². The monoisotopic (exact) mass is 279 g/mol. The molecule has 20 heavy (non-hydrogen) atoms. The largest absolute Gasteiger partial charge is 0.389 e. The van der Waals surface area contributed by atoms with Crippen LogP contribution in [-0.4, -0.2) is 48.3 Å². The Morgan fingerprint density at radius 2 is 2.25 bits per heavy atom. The Labute approximate surface area is 117 Å². The van der Waals surface area contributed by atoms with Crippen LogP contribution in [-0.2, 0) is 0 Å². The first-order valence-electron chi connectivity index (χ1n) is 6.84. The van der Waals surface area contributed by atoms with Crippen LogP contribution >= 0.6 is 0 Å². The number of benzene rings is 1. The first-order valence-corrected chi connectivity index (χ1v) is 6.84. The molecule has 0 saturated carbocycles. The fraction of sp³-hybridized carbons (Fsp3) is 0.500. The Morgan fingerprint density at radius 3 is 3.00 bits per heavy atom. The number of amides is 2. The Kier molecular flexibility index (Phi) is 3.25. The average Bonchev–Trinajstić information content (AvgIpc) is 2.79. The van der Waals surface area contributed by atoms with Crippen molar-refractivity contribution in [1.82, 2.24) is 10.2 Å². The number of hydrogen-bond donors (Lipinski definition) is 2. The van der Waals surface area contributed by atoms with E-state index in [0.717, 1.165) is 5.69 Å². The molecule has 2 amide bonds. The van der Waals surface area contributed by atoms with Crippen molar-refractivity contribution in [1.29, 1.82) is 0 Å². The van der Waals surface area contributed by atoms with E-state index < -0.39 is 6.10 Å². The summed E-state index contributed by atoms with van der Waals surface area (Å²) in [5, 5.41) is 12.6. The predicted molar refractivity (Wildman–Crippen MR) is 73.1 cm³/mol. The number of rotatable bonds is 2. The molecule has 2 N–H and O–H groups in total. The maximum absolute atomic E-state index is 13.9. The third-order valence-corrected chi connectivity index (χ3v) is 4.02. The minimum atomic E-state index is -0.854. The van der Waals surface area contributed by atoms with Gasteiger partial charge in [-0.05, 0) is 19.1 Å². The summed E-state index contributed by atoms with van der Waals surface area (Å²) < 4.78 is 13.9. The van der Waals surface area contributed by atoms with E-state index in [1.165, 1.54) is 6.07 Å². The maximum atomic E-state index is 13.9. The van der Waals surface area contributed by atoms with Crippen LogP contribution in [0.3, 0.4) is 0 Å². The van der Waals surface area contributed by atoms with Crippen LogP contribution in [0, 0.1) is 5.82 Å². The molecule has 2 heterocycles. The number of halogens is 1. The van der Waals surface area contributed by atoms with Crippen molar-refractivity contribution in [3.8, 4) is 0 Å². The highest BCUT2D eigenvalue weighted by Gasteiger charge is 2.36. The van der Waals surface area contributed by atoms with E-state index in [9.17, 15) is 14.3 Å². The molecule has 2 fully saturated rings. The Morgan fingerprint density at radius 1 is 1.45 bits per heavy atom. The van der Waals surface area contributed by atoms with Gasteiger partial charge in [-0.3, -0.25) is 0 Å². The number of carbonyl (C=O) groups excluding carboxylic acids is 1. The molecule has 0 aromatic heterocycles. The molecule has 0 aliphatic carbocycles. The van der Waals surface area contributed by atoms with E-state index in [1.807, 2.05) is 15.9 Å². The Balaban J connectivity index is 1.88. The third-order valence-electron chi connectivity index (χ3n) is 4.02. The van der Waals surface area contributed by atoms with Gasteiger partial charge < -0.3 is 20.2 Å². The van der Waals surface area contributed by atoms with Crippen LogP contribution in [0.4, 0.5) is 14.9 Å². The molecular formula is C14H18FN3O2. The van der Waals surface area contributed by atoms with Crippen LogP contribution in [0.5, 0.6) is 0 Å². The highest BCUT2D eigenvalue weighted by Crippen LogP contribution is 2.30. The normalized spacial score (nSPS) is 23.6. The number of nitrogens with zero attached hydrogens (tertiary/aromatic N) is 2. The van der Waals surface area contributed by atoms with Crippen molar-refractivity contribution >= 4 is 11.7 Å². The van der Waals surface area contributed by atoms with E-state index in [2.05, 4.69) is 5.32 Å². The molecule has 6 heteroatoms. The van der Waals surface area contributed by atoms with Gasteiger partial charge in [-0.1, -0.05) is 6.07 Å². The Bertz CT molecular complexity index is 535. The zero-order valence-electron chi connectivity index (χ0n) is 11.3. The van der Waals surface area contributed by atoms with Gasteiger partial charge in [0.05, 0.1) is 12.1 Å². The lowest BCUT2D eigenvalue weighted by molar-refractivity contribution is 0.190. The molecule has 0 bridgehead atoms. The number of carbonyl (C=O) groups is 1. The minimum Gasteiger partial charge on any atom is -0.389 e. The van der Waals surface area contributed by atoms with Crippen molar-refractivity contribution in [2.24, 2.45) is 0 Å². The molecule has 0 radical (unpaired) electrons. The van der Waals surface area contributed by atoms with Gasteiger partial charge in [-0.2, -0.15) is 0 Å². The van der Waals surface area contributed by atoms with Gasteiger partial charge in [0.1, 0.15) is 5.82 Å². The van der Waals surface area contributed by atoms with E-state index in [-0.39, 0.29) is 17.9 Å². The fourth-order valence-electron chi connectivity index (χ4n) is 3.04. The molecule has 2 aliphatic rings. The van der Waals surface area contributed by atoms with Gasteiger partial charge in [0.2, 0.25) is 0 Å². The summed E-state index contributed by atoms with van der Waals surface area (Å²) in [6.45, 7) is 4.11. The van der Waals surface area contributed by atoms with Gasteiger partial charge in [0, 0.05) is 37.4 Å². The molecule has 0 spiro atoms. The molecule has 2 atom stereocenters. The second-order valence-corrected chi connectivity index (χ2v) is 5.33. The fourth-order valence-corrected chi connectivity index (χ4v) is 3.04. The van der Waals surface area contributed by atoms with Gasteiger partial charge >= 0.3 is 6.03 Å². The number of nitrogens with one attached hydrogen (secondary N) is 1. The summed E-state index contributed by atoms with van der Waals surface area (Å²) in [6.07, 6.45) is -0.854. The van der Waals surface area contributed by atoms with Crippen molar-refractivity contribution in [3.63, 3.8) is 0 Å². The molecule has 1 aromatic rings. The van der Waals surface area contributed by atoms with Crippen molar-refractivity contribution in [2.45, 2.75) is 19.1 Å².